The van der Waals surface area contributed by atoms with Crippen LogP contribution < -0.4 is 10.6 Å². The van der Waals surface area contributed by atoms with Gasteiger partial charge in [0.05, 0.1) is 22.8 Å². The van der Waals surface area contributed by atoms with Gasteiger partial charge in [0, 0.05) is 11.9 Å². The molecule has 106 valence electrons. The molecule has 20 heavy (non-hydrogen) atoms. The average Bonchev–Trinajstić information content (AvgIpc) is 2.97. The molecule has 3 rings (SSSR count). The third kappa shape index (κ3) is 2.18. The first-order chi connectivity index (χ1) is 9.75. The number of rotatable bonds is 3. The predicted octanol–water partition coefficient (Wildman–Crippen LogP) is 2.28. The minimum Gasteiger partial charge on any atom is -0.324 e. The van der Waals surface area contributed by atoms with Crippen LogP contribution in [0.15, 0.2) is 24.4 Å². The molecule has 1 aliphatic heterocycles. The average molecular weight is 272 g/mol. The van der Waals surface area contributed by atoms with Crippen LogP contribution in [-0.2, 0) is 4.79 Å². The molecule has 0 saturated carbocycles. The van der Waals surface area contributed by atoms with Gasteiger partial charge in [-0.2, -0.15) is 5.10 Å². The zero-order chi connectivity index (χ0) is 14.0. The highest BCUT2D eigenvalue weighted by molar-refractivity contribution is 6.02. The van der Waals surface area contributed by atoms with E-state index in [1.807, 2.05) is 18.2 Å². The summed E-state index contributed by atoms with van der Waals surface area (Å²) in [7, 11) is 0. The van der Waals surface area contributed by atoms with Crippen LogP contribution in [0.2, 0.25) is 0 Å². The number of nitrogens with zero attached hydrogens (tertiary/aromatic N) is 1. The molecule has 1 aliphatic rings. The van der Waals surface area contributed by atoms with E-state index < -0.39 is 0 Å². The number of nitrogens with one attached hydrogen (secondary N) is 3. The van der Waals surface area contributed by atoms with Crippen molar-refractivity contribution in [2.75, 3.05) is 18.4 Å². The third-order valence-corrected chi connectivity index (χ3v) is 4.36. The maximum Gasteiger partial charge on any atom is 0.231 e. The van der Waals surface area contributed by atoms with Gasteiger partial charge in [-0.05, 0) is 31.9 Å². The van der Waals surface area contributed by atoms with E-state index in [9.17, 15) is 4.79 Å². The van der Waals surface area contributed by atoms with Gasteiger partial charge < -0.3 is 10.6 Å². The molecule has 2 heterocycles. The summed E-state index contributed by atoms with van der Waals surface area (Å²) in [5, 5.41) is 14.4. The van der Waals surface area contributed by atoms with Gasteiger partial charge in [-0.3, -0.25) is 9.89 Å². The van der Waals surface area contributed by atoms with Crippen LogP contribution in [0.3, 0.4) is 0 Å². The number of aromatic amines is 1. The minimum atomic E-state index is -0.291. The van der Waals surface area contributed by atoms with Gasteiger partial charge in [0.2, 0.25) is 5.91 Å². The molecule has 1 atom stereocenters. The highest BCUT2D eigenvalue weighted by Crippen LogP contribution is 2.32. The van der Waals surface area contributed by atoms with Gasteiger partial charge in [-0.25, -0.2) is 0 Å². The lowest BCUT2D eigenvalue weighted by atomic mass is 9.77. The first kappa shape index (κ1) is 13.1. The molecule has 1 aromatic heterocycles. The lowest BCUT2D eigenvalue weighted by molar-refractivity contribution is -0.126. The molecule has 3 N–H and O–H groups in total. The second kappa shape index (κ2) is 5.25. The fourth-order valence-corrected chi connectivity index (χ4v) is 2.95. The highest BCUT2D eigenvalue weighted by Gasteiger charge is 2.37. The molecule has 2 aromatic rings. The zero-order valence-corrected chi connectivity index (χ0v) is 11.7. The second-order valence-corrected chi connectivity index (χ2v) is 5.51. The molecular formula is C15H20N4O. The SMILES string of the molecule is CCC1(C(=O)Nc2cccc3cn[nH]c23)CCCNC1. The third-order valence-electron chi connectivity index (χ3n) is 4.36. The number of fused-ring (bicyclic) bond motifs is 1. The van der Waals surface area contributed by atoms with E-state index in [1.165, 1.54) is 0 Å². The zero-order valence-electron chi connectivity index (χ0n) is 11.7. The Bertz CT molecular complexity index is 613. The molecule has 1 fully saturated rings. The first-order valence-corrected chi connectivity index (χ1v) is 7.19. The number of carbonyl (C=O) groups excluding carboxylic acids is 1. The number of aromatic nitrogens is 2. The van der Waals surface area contributed by atoms with Crippen molar-refractivity contribution in [1.29, 1.82) is 0 Å². The van der Waals surface area contributed by atoms with Gasteiger partial charge in [-0.15, -0.1) is 0 Å². The number of H-pyrrole nitrogens is 1. The van der Waals surface area contributed by atoms with Crippen molar-refractivity contribution in [2.24, 2.45) is 5.41 Å². The number of anilines is 1. The predicted molar refractivity (Wildman–Crippen MR) is 79.6 cm³/mol. The molecule has 0 bridgehead atoms. The smallest absolute Gasteiger partial charge is 0.231 e. The van der Waals surface area contributed by atoms with Crippen LogP contribution in [0.5, 0.6) is 0 Å². The van der Waals surface area contributed by atoms with Crippen molar-refractivity contribution in [3.63, 3.8) is 0 Å². The van der Waals surface area contributed by atoms with Crippen molar-refractivity contribution in [3.05, 3.63) is 24.4 Å². The van der Waals surface area contributed by atoms with Crippen molar-refractivity contribution in [2.45, 2.75) is 26.2 Å². The molecule has 1 aromatic carbocycles. The van der Waals surface area contributed by atoms with E-state index in [-0.39, 0.29) is 11.3 Å². The quantitative estimate of drug-likeness (QED) is 0.803. The summed E-state index contributed by atoms with van der Waals surface area (Å²) in [6.07, 6.45) is 4.62. The Balaban J connectivity index is 1.86. The summed E-state index contributed by atoms with van der Waals surface area (Å²) in [6, 6.07) is 5.83. The van der Waals surface area contributed by atoms with Gasteiger partial charge in [0.1, 0.15) is 0 Å². The Morgan fingerprint density at radius 3 is 3.15 bits per heavy atom. The number of carbonyl (C=O) groups is 1. The van der Waals surface area contributed by atoms with Crippen molar-refractivity contribution in [3.8, 4) is 0 Å². The summed E-state index contributed by atoms with van der Waals surface area (Å²) in [5.74, 6) is 0.106. The number of para-hydroxylation sites is 1. The van der Waals surface area contributed by atoms with Crippen LogP contribution in [0.1, 0.15) is 26.2 Å². The number of benzene rings is 1. The normalized spacial score (nSPS) is 22.9. The van der Waals surface area contributed by atoms with Crippen molar-refractivity contribution < 1.29 is 4.79 Å². The van der Waals surface area contributed by atoms with E-state index in [0.717, 1.165) is 48.9 Å². The Labute approximate surface area is 118 Å². The Morgan fingerprint density at radius 1 is 1.50 bits per heavy atom. The summed E-state index contributed by atoms with van der Waals surface area (Å²) in [5.41, 5.74) is 1.40. The van der Waals surface area contributed by atoms with Crippen LogP contribution in [-0.4, -0.2) is 29.2 Å². The summed E-state index contributed by atoms with van der Waals surface area (Å²) in [4.78, 5) is 12.7. The molecule has 1 amide bonds. The molecule has 5 heteroatoms. The van der Waals surface area contributed by atoms with Gasteiger partial charge in [0.25, 0.3) is 0 Å². The highest BCUT2D eigenvalue weighted by atomic mass is 16.2. The molecule has 5 nitrogen and oxygen atoms in total. The second-order valence-electron chi connectivity index (χ2n) is 5.51. The lowest BCUT2D eigenvalue weighted by Gasteiger charge is -2.35. The Hall–Kier alpha value is -1.88. The number of hydrogen-bond acceptors (Lipinski definition) is 3. The Kier molecular flexibility index (Phi) is 3.44. The summed E-state index contributed by atoms with van der Waals surface area (Å²) < 4.78 is 0. The fourth-order valence-electron chi connectivity index (χ4n) is 2.95. The van der Waals surface area contributed by atoms with Crippen molar-refractivity contribution in [1.82, 2.24) is 15.5 Å². The summed E-state index contributed by atoms with van der Waals surface area (Å²) in [6.45, 7) is 3.85. The van der Waals surface area contributed by atoms with Crippen LogP contribution in [0.25, 0.3) is 10.9 Å². The van der Waals surface area contributed by atoms with E-state index >= 15 is 0 Å². The van der Waals surface area contributed by atoms with Crippen molar-refractivity contribution >= 4 is 22.5 Å². The van der Waals surface area contributed by atoms with Gasteiger partial charge in [-0.1, -0.05) is 19.1 Å². The molecule has 0 aliphatic carbocycles. The topological polar surface area (TPSA) is 69.8 Å². The van der Waals surface area contributed by atoms with E-state index in [1.54, 1.807) is 6.20 Å². The monoisotopic (exact) mass is 272 g/mol. The number of hydrogen-bond donors (Lipinski definition) is 3. The van der Waals surface area contributed by atoms with Gasteiger partial charge in [0.15, 0.2) is 0 Å². The van der Waals surface area contributed by atoms with E-state index in [2.05, 4.69) is 27.8 Å². The van der Waals surface area contributed by atoms with Crippen LogP contribution >= 0.6 is 0 Å². The molecule has 0 radical (unpaired) electrons. The number of amides is 1. The van der Waals surface area contributed by atoms with Crippen LogP contribution in [0.4, 0.5) is 5.69 Å². The summed E-state index contributed by atoms with van der Waals surface area (Å²) >= 11 is 0. The fraction of sp³-hybridized carbons (Fsp3) is 0.467. The van der Waals surface area contributed by atoms with E-state index in [4.69, 9.17) is 0 Å². The van der Waals surface area contributed by atoms with Crippen LogP contribution in [0, 0.1) is 5.41 Å². The first-order valence-electron chi connectivity index (χ1n) is 7.19. The molecule has 1 saturated heterocycles. The number of piperidine rings is 1. The molecule has 0 spiro atoms. The Morgan fingerprint density at radius 2 is 2.40 bits per heavy atom. The lowest BCUT2D eigenvalue weighted by Crippen LogP contribution is -2.47. The van der Waals surface area contributed by atoms with Gasteiger partial charge >= 0.3 is 0 Å². The maximum atomic E-state index is 12.7. The largest absolute Gasteiger partial charge is 0.324 e. The van der Waals surface area contributed by atoms with E-state index in [0.29, 0.717) is 0 Å². The standard InChI is InChI=1S/C15H20N4O/c1-2-15(7-4-8-16-10-15)14(20)18-12-6-3-5-11-9-17-19-13(11)12/h3,5-6,9,16H,2,4,7-8,10H2,1H3,(H,17,19)(H,18,20). The maximum absolute atomic E-state index is 12.7. The minimum absolute atomic E-state index is 0.106. The molecular weight excluding hydrogens is 252 g/mol. The molecule has 1 unspecified atom stereocenters.